The maximum atomic E-state index is 12.4. The second kappa shape index (κ2) is 6.04. The van der Waals surface area contributed by atoms with Crippen LogP contribution in [-0.4, -0.2) is 20.8 Å². The lowest BCUT2D eigenvalue weighted by Gasteiger charge is -2.45. The summed E-state index contributed by atoms with van der Waals surface area (Å²) >= 11 is 0. The molecular weight excluding hydrogens is 380 g/mol. The Labute approximate surface area is 170 Å². The van der Waals surface area contributed by atoms with Crippen molar-refractivity contribution < 1.29 is 8.42 Å². The van der Waals surface area contributed by atoms with Crippen molar-refractivity contribution in [3.63, 3.8) is 0 Å². The Balaban J connectivity index is 1.40. The van der Waals surface area contributed by atoms with E-state index >= 15 is 0 Å². The van der Waals surface area contributed by atoms with Crippen molar-refractivity contribution in [2.75, 3.05) is 6.54 Å². The highest BCUT2D eigenvalue weighted by Crippen LogP contribution is 2.55. The molecule has 0 amide bonds. The maximum Gasteiger partial charge on any atom is 0.263 e. The van der Waals surface area contributed by atoms with Crippen LogP contribution in [0.15, 0.2) is 82.7 Å². The molecule has 7 rings (SSSR count). The van der Waals surface area contributed by atoms with Gasteiger partial charge in [0.1, 0.15) is 5.84 Å². The summed E-state index contributed by atoms with van der Waals surface area (Å²) in [5.74, 6) is 1.54. The third kappa shape index (κ3) is 2.43. The third-order valence-corrected chi connectivity index (χ3v) is 7.97. The standard InChI is InChI=1S/C24H20N2O2S/c27-29(28)22-12-6-5-11-20(22)24(26-29)25-14-15-13-21-16-7-1-3-9-18(16)23(15)19-10-4-2-8-17(19)21/h1-12,15,21,23H,13-14H2,(H,25,26)/t15-,21?,23?/m0/s1. The molecule has 0 saturated heterocycles. The average molecular weight is 401 g/mol. The van der Waals surface area contributed by atoms with Crippen LogP contribution in [0.2, 0.25) is 0 Å². The summed E-state index contributed by atoms with van der Waals surface area (Å²) < 4.78 is 27.4. The summed E-state index contributed by atoms with van der Waals surface area (Å²) in [5, 5.41) is 0. The van der Waals surface area contributed by atoms with E-state index in [-0.39, 0.29) is 0 Å². The van der Waals surface area contributed by atoms with Gasteiger partial charge in [-0.25, -0.2) is 8.42 Å². The Kier molecular flexibility index (Phi) is 3.54. The molecule has 1 aliphatic heterocycles. The molecule has 1 heterocycles. The Hall–Kier alpha value is -2.92. The van der Waals surface area contributed by atoms with Gasteiger partial charge in [0.2, 0.25) is 0 Å². The zero-order valence-corrected chi connectivity index (χ0v) is 16.6. The second-order valence-corrected chi connectivity index (χ2v) is 9.73. The van der Waals surface area contributed by atoms with Crippen LogP contribution in [0.4, 0.5) is 0 Å². The fourth-order valence-corrected chi connectivity index (χ4v) is 6.65. The SMILES string of the molecule is O=S1(=O)NC(=NC[C@@H]2CC3c4ccccc4C2c2ccccc23)c2ccccc21. The van der Waals surface area contributed by atoms with Crippen molar-refractivity contribution in [1.82, 2.24) is 4.72 Å². The number of nitrogens with zero attached hydrogens (tertiary/aromatic N) is 1. The van der Waals surface area contributed by atoms with E-state index in [4.69, 9.17) is 4.99 Å². The molecule has 4 nitrogen and oxygen atoms in total. The molecule has 1 atom stereocenters. The summed E-state index contributed by atoms with van der Waals surface area (Å²) in [4.78, 5) is 5.09. The van der Waals surface area contributed by atoms with Gasteiger partial charge in [-0.2, -0.15) is 0 Å². The van der Waals surface area contributed by atoms with Gasteiger partial charge in [-0.3, -0.25) is 9.71 Å². The van der Waals surface area contributed by atoms with E-state index in [9.17, 15) is 8.42 Å². The zero-order valence-electron chi connectivity index (χ0n) is 15.7. The number of aliphatic imine (C=N–C) groups is 1. The molecule has 0 unspecified atom stereocenters. The van der Waals surface area contributed by atoms with E-state index in [1.165, 1.54) is 22.3 Å². The Morgan fingerprint density at radius 3 is 2.10 bits per heavy atom. The first-order valence-electron chi connectivity index (χ1n) is 9.98. The van der Waals surface area contributed by atoms with Crippen molar-refractivity contribution in [2.45, 2.75) is 23.2 Å². The molecule has 5 heteroatoms. The van der Waals surface area contributed by atoms with E-state index in [0.29, 0.717) is 40.6 Å². The topological polar surface area (TPSA) is 58.5 Å². The van der Waals surface area contributed by atoms with Crippen LogP contribution < -0.4 is 4.72 Å². The fraction of sp³-hybridized carbons (Fsp3) is 0.208. The van der Waals surface area contributed by atoms with E-state index < -0.39 is 10.0 Å². The molecule has 0 spiro atoms. The number of sulfonamides is 1. The molecule has 0 radical (unpaired) electrons. The summed E-state index contributed by atoms with van der Waals surface area (Å²) in [5.41, 5.74) is 6.36. The minimum Gasteiger partial charge on any atom is -0.267 e. The molecule has 2 bridgehead atoms. The molecule has 0 fully saturated rings. The fourth-order valence-electron chi connectivity index (χ4n) is 5.40. The minimum absolute atomic E-state index is 0.310. The van der Waals surface area contributed by atoms with Crippen molar-refractivity contribution in [2.24, 2.45) is 10.9 Å². The highest BCUT2D eigenvalue weighted by atomic mass is 32.2. The molecule has 3 aliphatic carbocycles. The summed E-state index contributed by atoms with van der Waals surface area (Å²) in [7, 11) is -3.50. The molecule has 4 aliphatic rings. The van der Waals surface area contributed by atoms with Crippen molar-refractivity contribution >= 4 is 15.9 Å². The molecule has 3 aromatic rings. The lowest BCUT2D eigenvalue weighted by atomic mass is 9.59. The Morgan fingerprint density at radius 2 is 1.41 bits per heavy atom. The number of nitrogens with one attached hydrogen (secondary N) is 1. The van der Waals surface area contributed by atoms with Crippen LogP contribution in [0.1, 0.15) is 46.1 Å². The van der Waals surface area contributed by atoms with Gasteiger partial charge in [-0.05, 0) is 46.7 Å². The average Bonchev–Trinajstić information content (AvgIpc) is 3.03. The molecule has 3 aromatic carbocycles. The highest BCUT2D eigenvalue weighted by Gasteiger charge is 2.43. The van der Waals surface area contributed by atoms with Crippen LogP contribution in [0.25, 0.3) is 0 Å². The van der Waals surface area contributed by atoms with Crippen LogP contribution in [0, 0.1) is 5.92 Å². The van der Waals surface area contributed by atoms with E-state index in [1.807, 2.05) is 12.1 Å². The van der Waals surface area contributed by atoms with Crippen molar-refractivity contribution in [3.8, 4) is 0 Å². The second-order valence-electron chi connectivity index (χ2n) is 8.07. The Bertz CT molecular complexity index is 1230. The van der Waals surface area contributed by atoms with Crippen molar-refractivity contribution in [1.29, 1.82) is 0 Å². The van der Waals surface area contributed by atoms with Crippen LogP contribution in [0.5, 0.6) is 0 Å². The Morgan fingerprint density at radius 1 is 0.828 bits per heavy atom. The molecule has 29 heavy (non-hydrogen) atoms. The van der Waals surface area contributed by atoms with Gasteiger partial charge in [-0.15, -0.1) is 0 Å². The van der Waals surface area contributed by atoms with Gasteiger partial charge in [-0.1, -0.05) is 60.7 Å². The predicted molar refractivity (Wildman–Crippen MR) is 113 cm³/mol. The predicted octanol–water partition coefficient (Wildman–Crippen LogP) is 4.02. The van der Waals surface area contributed by atoms with Crippen LogP contribution in [-0.2, 0) is 10.0 Å². The first-order chi connectivity index (χ1) is 14.1. The number of fused-ring (bicyclic) bond motifs is 2. The summed E-state index contributed by atoms with van der Waals surface area (Å²) in [6, 6.07) is 24.5. The first-order valence-corrected chi connectivity index (χ1v) is 11.5. The normalized spacial score (nSPS) is 26.5. The lowest BCUT2D eigenvalue weighted by molar-refractivity contribution is 0.365. The van der Waals surface area contributed by atoms with E-state index in [0.717, 1.165) is 6.42 Å². The smallest absolute Gasteiger partial charge is 0.263 e. The van der Waals surface area contributed by atoms with E-state index in [1.54, 1.807) is 12.1 Å². The monoisotopic (exact) mass is 400 g/mol. The van der Waals surface area contributed by atoms with E-state index in [2.05, 4.69) is 53.3 Å². The van der Waals surface area contributed by atoms with Gasteiger partial charge in [0.05, 0.1) is 4.90 Å². The minimum atomic E-state index is -3.50. The number of hydrogen-bond acceptors (Lipinski definition) is 3. The van der Waals surface area contributed by atoms with Gasteiger partial charge >= 0.3 is 0 Å². The summed E-state index contributed by atoms with van der Waals surface area (Å²) in [6.07, 6.45) is 1.05. The van der Waals surface area contributed by atoms with Gasteiger partial charge < -0.3 is 0 Å². The molecular formula is C24H20N2O2S. The number of hydrogen-bond donors (Lipinski definition) is 1. The first kappa shape index (κ1) is 17.0. The third-order valence-electron chi connectivity index (χ3n) is 6.57. The zero-order chi connectivity index (χ0) is 19.6. The van der Waals surface area contributed by atoms with Crippen LogP contribution in [0.3, 0.4) is 0 Å². The van der Waals surface area contributed by atoms with Crippen molar-refractivity contribution in [3.05, 3.63) is 101 Å². The summed E-state index contributed by atoms with van der Waals surface area (Å²) in [6.45, 7) is 0.607. The largest absolute Gasteiger partial charge is 0.267 e. The molecule has 144 valence electrons. The van der Waals surface area contributed by atoms with Gasteiger partial charge in [0.15, 0.2) is 0 Å². The maximum absolute atomic E-state index is 12.4. The highest BCUT2D eigenvalue weighted by molar-refractivity contribution is 7.90. The lowest BCUT2D eigenvalue weighted by Crippen LogP contribution is -2.34. The molecule has 1 N–H and O–H groups in total. The van der Waals surface area contributed by atoms with Gasteiger partial charge in [0, 0.05) is 23.9 Å². The van der Waals surface area contributed by atoms with Gasteiger partial charge in [0.25, 0.3) is 10.0 Å². The molecule has 0 saturated carbocycles. The number of amidine groups is 1. The number of rotatable bonds is 2. The van der Waals surface area contributed by atoms with Crippen LogP contribution >= 0.6 is 0 Å². The molecule has 0 aromatic heterocycles. The quantitative estimate of drug-likeness (QED) is 0.706. The number of benzene rings is 3.